The highest BCUT2D eigenvalue weighted by Gasteiger charge is 2.38. The number of hydrogen-bond acceptors (Lipinski definition) is 3. The number of nitrogens with zero attached hydrogens (tertiary/aromatic N) is 3. The van der Waals surface area contributed by atoms with Crippen molar-refractivity contribution in [1.82, 2.24) is 9.78 Å². The Hall–Kier alpha value is -2.15. The highest BCUT2D eigenvalue weighted by Crippen LogP contribution is 2.28. The van der Waals surface area contributed by atoms with Crippen molar-refractivity contribution in [3.63, 3.8) is 0 Å². The molecule has 0 aliphatic carbocycles. The van der Waals surface area contributed by atoms with Crippen LogP contribution in [0.4, 0.5) is 11.5 Å². The van der Waals surface area contributed by atoms with Crippen molar-refractivity contribution in [1.29, 1.82) is 0 Å². The molecule has 1 saturated heterocycles. The van der Waals surface area contributed by atoms with Crippen molar-refractivity contribution >= 4 is 39.2 Å². The number of carbonyl (C=O) groups is 2. The smallest absolute Gasteiger partial charge is 0.239 e. The predicted molar refractivity (Wildman–Crippen MR) is 100 cm³/mol. The van der Waals surface area contributed by atoms with Gasteiger partial charge in [0.15, 0.2) is 0 Å². The molecule has 132 valence electrons. The Bertz CT molecular complexity index is 789. The van der Waals surface area contributed by atoms with Gasteiger partial charge in [-0.05, 0) is 38.0 Å². The Morgan fingerprint density at radius 1 is 1.44 bits per heavy atom. The summed E-state index contributed by atoms with van der Waals surface area (Å²) in [4.78, 5) is 27.0. The van der Waals surface area contributed by atoms with Crippen molar-refractivity contribution in [2.75, 3.05) is 16.8 Å². The van der Waals surface area contributed by atoms with Crippen LogP contribution in [-0.4, -0.2) is 28.1 Å². The van der Waals surface area contributed by atoms with Crippen molar-refractivity contribution in [2.24, 2.45) is 5.92 Å². The van der Waals surface area contributed by atoms with Crippen LogP contribution in [0.5, 0.6) is 0 Å². The lowest BCUT2D eigenvalue weighted by atomic mass is 10.1. The number of carbonyl (C=O) groups excluding carboxylic acids is 2. The summed E-state index contributed by atoms with van der Waals surface area (Å²) in [7, 11) is 0. The van der Waals surface area contributed by atoms with Gasteiger partial charge in [-0.3, -0.25) is 9.59 Å². The summed E-state index contributed by atoms with van der Waals surface area (Å²) in [5, 5.41) is 7.13. The average molecular weight is 405 g/mol. The van der Waals surface area contributed by atoms with Crippen LogP contribution in [0.3, 0.4) is 0 Å². The molecule has 1 aliphatic rings. The molecule has 1 N–H and O–H groups in total. The van der Waals surface area contributed by atoms with Crippen LogP contribution in [0.2, 0.25) is 0 Å². The van der Waals surface area contributed by atoms with Gasteiger partial charge in [0.25, 0.3) is 0 Å². The predicted octanol–water partition coefficient (Wildman–Crippen LogP) is 3.61. The van der Waals surface area contributed by atoms with Gasteiger partial charge in [0.1, 0.15) is 11.7 Å². The van der Waals surface area contributed by atoms with E-state index in [-0.39, 0.29) is 17.9 Å². The number of halogens is 1. The summed E-state index contributed by atoms with van der Waals surface area (Å²) in [6.07, 6.45) is 3.07. The third-order valence-electron chi connectivity index (χ3n) is 4.57. The molecule has 2 amide bonds. The molecule has 1 aliphatic heterocycles. The number of amides is 2. The minimum Gasteiger partial charge on any atom is -0.312 e. The molecule has 1 fully saturated rings. The Kier molecular flexibility index (Phi) is 5.22. The Morgan fingerprint density at radius 2 is 2.24 bits per heavy atom. The zero-order valence-electron chi connectivity index (χ0n) is 14.3. The normalized spacial score (nSPS) is 18.4. The Balaban J connectivity index is 1.72. The van der Waals surface area contributed by atoms with E-state index in [9.17, 15) is 9.59 Å². The molecule has 1 aromatic heterocycles. The second-order valence-electron chi connectivity index (χ2n) is 6.22. The standard InChI is InChI=1S/C18H21BrN4O2/c1-3-12(2)23-16(7-9-20-23)21-17(24)15-8-10-22(18(15)25)14-6-4-5-13(19)11-14/h4-7,9,11-12,15H,3,8,10H2,1-2H3,(H,21,24). The van der Waals surface area contributed by atoms with Gasteiger partial charge in [-0.15, -0.1) is 0 Å². The van der Waals surface area contributed by atoms with Gasteiger partial charge in [0, 0.05) is 22.8 Å². The number of anilines is 2. The van der Waals surface area contributed by atoms with Crippen LogP contribution in [0.1, 0.15) is 32.7 Å². The monoisotopic (exact) mass is 404 g/mol. The zero-order valence-corrected chi connectivity index (χ0v) is 15.9. The van der Waals surface area contributed by atoms with Gasteiger partial charge in [-0.25, -0.2) is 4.68 Å². The third-order valence-corrected chi connectivity index (χ3v) is 5.07. The molecule has 2 unspecified atom stereocenters. The van der Waals surface area contributed by atoms with Crippen LogP contribution in [0.25, 0.3) is 0 Å². The van der Waals surface area contributed by atoms with Crippen LogP contribution in [-0.2, 0) is 9.59 Å². The fourth-order valence-electron chi connectivity index (χ4n) is 2.97. The second kappa shape index (κ2) is 7.39. The molecular weight excluding hydrogens is 384 g/mol. The van der Waals surface area contributed by atoms with Gasteiger partial charge >= 0.3 is 0 Å². The first-order valence-corrected chi connectivity index (χ1v) is 9.22. The molecule has 0 radical (unpaired) electrons. The molecule has 3 rings (SSSR count). The maximum atomic E-state index is 12.7. The minimum absolute atomic E-state index is 0.162. The second-order valence-corrected chi connectivity index (χ2v) is 7.13. The maximum absolute atomic E-state index is 12.7. The molecule has 2 aromatic rings. The number of aromatic nitrogens is 2. The molecule has 25 heavy (non-hydrogen) atoms. The number of benzene rings is 1. The molecule has 0 saturated carbocycles. The molecule has 6 nitrogen and oxygen atoms in total. The van der Waals surface area contributed by atoms with Crippen LogP contribution < -0.4 is 10.2 Å². The lowest BCUT2D eigenvalue weighted by Crippen LogP contribution is -2.33. The molecule has 0 spiro atoms. The van der Waals surface area contributed by atoms with E-state index in [0.717, 1.165) is 16.6 Å². The summed E-state index contributed by atoms with van der Waals surface area (Å²) in [5.74, 6) is -0.468. The molecule has 7 heteroatoms. The topological polar surface area (TPSA) is 67.2 Å². The van der Waals surface area contributed by atoms with Gasteiger partial charge < -0.3 is 10.2 Å². The number of hydrogen-bond donors (Lipinski definition) is 1. The van der Waals surface area contributed by atoms with E-state index in [1.165, 1.54) is 0 Å². The van der Waals surface area contributed by atoms with E-state index < -0.39 is 5.92 Å². The lowest BCUT2D eigenvalue weighted by Gasteiger charge is -2.18. The lowest BCUT2D eigenvalue weighted by molar-refractivity contribution is -0.129. The van der Waals surface area contributed by atoms with E-state index in [1.54, 1.807) is 21.8 Å². The van der Waals surface area contributed by atoms with Crippen molar-refractivity contribution in [3.05, 3.63) is 41.0 Å². The molecule has 0 bridgehead atoms. The van der Waals surface area contributed by atoms with Crippen molar-refractivity contribution < 1.29 is 9.59 Å². The van der Waals surface area contributed by atoms with Crippen molar-refractivity contribution in [2.45, 2.75) is 32.7 Å². The van der Waals surface area contributed by atoms with E-state index in [4.69, 9.17) is 0 Å². The molecular formula is C18H21BrN4O2. The number of nitrogens with one attached hydrogen (secondary N) is 1. The highest BCUT2D eigenvalue weighted by atomic mass is 79.9. The fourth-order valence-corrected chi connectivity index (χ4v) is 3.36. The summed E-state index contributed by atoms with van der Waals surface area (Å²) in [6, 6.07) is 9.49. The van der Waals surface area contributed by atoms with Gasteiger partial charge in [-0.2, -0.15) is 5.10 Å². The Labute approximate surface area is 155 Å². The van der Waals surface area contributed by atoms with E-state index in [0.29, 0.717) is 18.8 Å². The highest BCUT2D eigenvalue weighted by molar-refractivity contribution is 9.10. The first kappa shape index (κ1) is 17.7. The van der Waals surface area contributed by atoms with E-state index in [2.05, 4.69) is 33.3 Å². The SMILES string of the molecule is CCC(C)n1nccc1NC(=O)C1CCN(c2cccc(Br)c2)C1=O. The zero-order chi connectivity index (χ0) is 18.0. The van der Waals surface area contributed by atoms with Crippen LogP contribution in [0, 0.1) is 5.92 Å². The van der Waals surface area contributed by atoms with E-state index in [1.807, 2.05) is 31.2 Å². The summed E-state index contributed by atoms with van der Waals surface area (Å²) >= 11 is 3.41. The third kappa shape index (κ3) is 3.61. The molecule has 1 aromatic carbocycles. The van der Waals surface area contributed by atoms with Gasteiger partial charge in [-0.1, -0.05) is 28.9 Å². The largest absolute Gasteiger partial charge is 0.312 e. The molecule has 2 heterocycles. The van der Waals surface area contributed by atoms with E-state index >= 15 is 0 Å². The molecule has 2 atom stereocenters. The first-order valence-electron chi connectivity index (χ1n) is 8.42. The maximum Gasteiger partial charge on any atom is 0.239 e. The summed E-state index contributed by atoms with van der Waals surface area (Å²) in [5.41, 5.74) is 0.805. The number of rotatable bonds is 5. The van der Waals surface area contributed by atoms with Crippen LogP contribution in [0.15, 0.2) is 41.0 Å². The quantitative estimate of drug-likeness (QED) is 0.773. The average Bonchev–Trinajstić information content (AvgIpc) is 3.20. The minimum atomic E-state index is -0.667. The first-order chi connectivity index (χ1) is 12.0. The Morgan fingerprint density at radius 3 is 2.96 bits per heavy atom. The van der Waals surface area contributed by atoms with Gasteiger partial charge in [0.2, 0.25) is 11.8 Å². The fraction of sp³-hybridized carbons (Fsp3) is 0.389. The van der Waals surface area contributed by atoms with Gasteiger partial charge in [0.05, 0.1) is 12.2 Å². The van der Waals surface area contributed by atoms with Crippen LogP contribution >= 0.6 is 15.9 Å². The van der Waals surface area contributed by atoms with Crippen molar-refractivity contribution in [3.8, 4) is 0 Å². The summed E-state index contributed by atoms with van der Waals surface area (Å²) in [6.45, 7) is 4.64. The summed E-state index contributed by atoms with van der Waals surface area (Å²) < 4.78 is 2.69.